The van der Waals surface area contributed by atoms with Gasteiger partial charge in [-0.05, 0) is 75.6 Å². The van der Waals surface area contributed by atoms with Crippen LogP contribution >= 0.6 is 23.2 Å². The molecule has 0 spiro atoms. The monoisotopic (exact) mass is 418 g/mol. The summed E-state index contributed by atoms with van der Waals surface area (Å²) in [6.07, 6.45) is 4.87. The van der Waals surface area contributed by atoms with E-state index in [-0.39, 0.29) is 11.8 Å². The van der Waals surface area contributed by atoms with Crippen LogP contribution in [0.15, 0.2) is 42.5 Å². The van der Waals surface area contributed by atoms with E-state index in [4.69, 9.17) is 23.2 Å². The normalized spacial score (nSPS) is 16.0. The Morgan fingerprint density at radius 2 is 1.75 bits per heavy atom. The average molecular weight is 419 g/mol. The van der Waals surface area contributed by atoms with E-state index in [1.165, 1.54) is 32.4 Å². The fourth-order valence-electron chi connectivity index (χ4n) is 3.70. The highest BCUT2D eigenvalue weighted by Gasteiger charge is 2.18. The van der Waals surface area contributed by atoms with Crippen molar-refractivity contribution in [2.75, 3.05) is 26.2 Å². The zero-order chi connectivity index (χ0) is 19.9. The van der Waals surface area contributed by atoms with Gasteiger partial charge in [0.25, 0.3) is 5.91 Å². The number of aryl methyl sites for hydroxylation is 1. The highest BCUT2D eigenvalue weighted by Crippen LogP contribution is 2.28. The van der Waals surface area contributed by atoms with Crippen molar-refractivity contribution in [2.45, 2.75) is 38.5 Å². The third-order valence-electron chi connectivity index (χ3n) is 5.48. The van der Waals surface area contributed by atoms with Crippen molar-refractivity contribution in [2.24, 2.45) is 0 Å². The van der Waals surface area contributed by atoms with Crippen molar-refractivity contribution in [1.29, 1.82) is 0 Å². The summed E-state index contributed by atoms with van der Waals surface area (Å²) < 4.78 is 0. The van der Waals surface area contributed by atoms with Crippen molar-refractivity contribution in [3.05, 3.63) is 69.2 Å². The predicted molar refractivity (Wildman–Crippen MR) is 118 cm³/mol. The van der Waals surface area contributed by atoms with E-state index in [1.807, 2.05) is 49.4 Å². The summed E-state index contributed by atoms with van der Waals surface area (Å²) in [4.78, 5) is 15.1. The topological polar surface area (TPSA) is 32.3 Å². The Kier molecular flexibility index (Phi) is 7.78. The van der Waals surface area contributed by atoms with Crippen LogP contribution in [-0.2, 0) is 0 Å². The van der Waals surface area contributed by atoms with Gasteiger partial charge in [-0.2, -0.15) is 0 Å². The maximum atomic E-state index is 12.6. The highest BCUT2D eigenvalue weighted by molar-refractivity contribution is 6.42. The van der Waals surface area contributed by atoms with Gasteiger partial charge < -0.3 is 10.2 Å². The molecule has 1 saturated heterocycles. The van der Waals surface area contributed by atoms with Gasteiger partial charge in [-0.25, -0.2) is 0 Å². The number of hydrogen-bond acceptors (Lipinski definition) is 2. The molecule has 0 aliphatic carbocycles. The number of benzene rings is 2. The van der Waals surface area contributed by atoms with Crippen LogP contribution in [0.1, 0.15) is 53.1 Å². The lowest BCUT2D eigenvalue weighted by atomic mass is 9.94. The van der Waals surface area contributed by atoms with Crippen LogP contribution in [0.25, 0.3) is 0 Å². The summed E-state index contributed by atoms with van der Waals surface area (Å²) in [5.41, 5.74) is 2.96. The molecule has 0 bridgehead atoms. The quantitative estimate of drug-likeness (QED) is 0.625. The fourth-order valence-corrected chi connectivity index (χ4v) is 4.00. The molecule has 0 saturated carbocycles. The number of carbonyl (C=O) groups is 1. The van der Waals surface area contributed by atoms with Gasteiger partial charge in [0.2, 0.25) is 0 Å². The van der Waals surface area contributed by atoms with Crippen LogP contribution < -0.4 is 5.32 Å². The standard InChI is InChI=1S/C23H28Cl2N2O/c1-17-5-7-18(8-6-17)23(28)26-16-20(11-14-27-12-3-2-4-13-27)19-9-10-21(24)22(25)15-19/h5-10,15,20H,2-4,11-14,16H2,1H3,(H,26,28). The molecule has 2 aromatic rings. The van der Waals surface area contributed by atoms with Gasteiger partial charge in [0.15, 0.2) is 0 Å². The summed E-state index contributed by atoms with van der Waals surface area (Å²) in [6, 6.07) is 13.5. The molecule has 1 unspecified atom stereocenters. The fraction of sp³-hybridized carbons (Fsp3) is 0.435. The van der Waals surface area contributed by atoms with Gasteiger partial charge >= 0.3 is 0 Å². The van der Waals surface area contributed by atoms with Crippen LogP contribution in [0.4, 0.5) is 0 Å². The zero-order valence-corrected chi connectivity index (χ0v) is 17.9. The van der Waals surface area contributed by atoms with Crippen molar-refractivity contribution < 1.29 is 4.79 Å². The van der Waals surface area contributed by atoms with E-state index in [2.05, 4.69) is 10.2 Å². The Morgan fingerprint density at radius 3 is 2.43 bits per heavy atom. The summed E-state index contributed by atoms with van der Waals surface area (Å²) in [7, 11) is 0. The summed E-state index contributed by atoms with van der Waals surface area (Å²) in [6.45, 7) is 5.97. The van der Waals surface area contributed by atoms with Gasteiger partial charge in [0.05, 0.1) is 10.0 Å². The summed E-state index contributed by atoms with van der Waals surface area (Å²) in [5, 5.41) is 4.23. The molecule has 1 N–H and O–H groups in total. The van der Waals surface area contributed by atoms with Crippen molar-refractivity contribution >= 4 is 29.1 Å². The third kappa shape index (κ3) is 5.97. The maximum absolute atomic E-state index is 12.6. The number of hydrogen-bond donors (Lipinski definition) is 1. The van der Waals surface area contributed by atoms with Gasteiger partial charge in [0, 0.05) is 18.0 Å². The molecule has 5 heteroatoms. The predicted octanol–water partition coefficient (Wildman–Crippen LogP) is 5.69. The molecule has 3 rings (SSSR count). The molecule has 0 aromatic heterocycles. The number of rotatable bonds is 7. The first-order valence-corrected chi connectivity index (χ1v) is 10.8. The second-order valence-electron chi connectivity index (χ2n) is 7.64. The molecule has 1 fully saturated rings. The van der Waals surface area contributed by atoms with E-state index in [0.29, 0.717) is 22.2 Å². The lowest BCUT2D eigenvalue weighted by Gasteiger charge is -2.28. The number of nitrogens with one attached hydrogen (secondary N) is 1. The zero-order valence-electron chi connectivity index (χ0n) is 16.4. The maximum Gasteiger partial charge on any atom is 0.251 e. The first-order chi connectivity index (χ1) is 13.5. The van der Waals surface area contributed by atoms with E-state index in [0.717, 1.165) is 24.1 Å². The summed E-state index contributed by atoms with van der Waals surface area (Å²) >= 11 is 12.3. The van der Waals surface area contributed by atoms with Crippen LogP contribution in [0.5, 0.6) is 0 Å². The minimum atomic E-state index is -0.0389. The number of carbonyl (C=O) groups excluding carboxylic acids is 1. The molecule has 0 radical (unpaired) electrons. The number of amides is 1. The first-order valence-electron chi connectivity index (χ1n) is 10.0. The second kappa shape index (κ2) is 10.3. The largest absolute Gasteiger partial charge is 0.351 e. The average Bonchev–Trinajstić information content (AvgIpc) is 2.71. The Bertz CT molecular complexity index is 786. The van der Waals surface area contributed by atoms with Crippen molar-refractivity contribution in [3.63, 3.8) is 0 Å². The molecule has 150 valence electrons. The number of likely N-dealkylation sites (tertiary alicyclic amines) is 1. The highest BCUT2D eigenvalue weighted by atomic mass is 35.5. The Labute approximate surface area is 178 Å². The molecule has 2 aromatic carbocycles. The molecular formula is C23H28Cl2N2O. The van der Waals surface area contributed by atoms with Gasteiger partial charge in [-0.3, -0.25) is 4.79 Å². The van der Waals surface area contributed by atoms with E-state index in [9.17, 15) is 4.79 Å². The van der Waals surface area contributed by atoms with Gasteiger partial charge in [0.1, 0.15) is 0 Å². The smallest absolute Gasteiger partial charge is 0.251 e. The summed E-state index contributed by atoms with van der Waals surface area (Å²) in [5.74, 6) is 0.161. The molecule has 1 aliphatic heterocycles. The van der Waals surface area contributed by atoms with E-state index < -0.39 is 0 Å². The molecule has 1 amide bonds. The number of halogens is 2. The minimum Gasteiger partial charge on any atom is -0.351 e. The third-order valence-corrected chi connectivity index (χ3v) is 6.22. The van der Waals surface area contributed by atoms with Crippen molar-refractivity contribution in [1.82, 2.24) is 10.2 Å². The molecule has 1 heterocycles. The van der Waals surface area contributed by atoms with E-state index >= 15 is 0 Å². The van der Waals surface area contributed by atoms with Crippen molar-refractivity contribution in [3.8, 4) is 0 Å². The Balaban J connectivity index is 1.66. The van der Waals surface area contributed by atoms with Crippen LogP contribution in [0.2, 0.25) is 10.0 Å². The molecule has 3 nitrogen and oxygen atoms in total. The number of nitrogens with zero attached hydrogens (tertiary/aromatic N) is 1. The Hall–Kier alpha value is -1.55. The minimum absolute atomic E-state index is 0.0389. The Morgan fingerprint density at radius 1 is 1.04 bits per heavy atom. The van der Waals surface area contributed by atoms with E-state index in [1.54, 1.807) is 0 Å². The van der Waals surface area contributed by atoms with Crippen LogP contribution in [0.3, 0.4) is 0 Å². The molecule has 1 aliphatic rings. The lowest BCUT2D eigenvalue weighted by Crippen LogP contribution is -2.34. The SMILES string of the molecule is Cc1ccc(C(=O)NCC(CCN2CCCCC2)c2ccc(Cl)c(Cl)c2)cc1. The van der Waals surface area contributed by atoms with Crippen LogP contribution in [0, 0.1) is 6.92 Å². The molecule has 28 heavy (non-hydrogen) atoms. The number of piperidine rings is 1. The van der Waals surface area contributed by atoms with Crippen LogP contribution in [-0.4, -0.2) is 37.0 Å². The molecule has 1 atom stereocenters. The first kappa shape index (κ1) is 21.2. The molecular weight excluding hydrogens is 391 g/mol. The van der Waals surface area contributed by atoms with Gasteiger partial charge in [-0.15, -0.1) is 0 Å². The lowest BCUT2D eigenvalue weighted by molar-refractivity contribution is 0.0949. The van der Waals surface area contributed by atoms with Gasteiger partial charge in [-0.1, -0.05) is 53.4 Å². The second-order valence-corrected chi connectivity index (χ2v) is 8.45.